The van der Waals surface area contributed by atoms with Gasteiger partial charge in [0.25, 0.3) is 0 Å². The zero-order chi connectivity index (χ0) is 22.7. The van der Waals surface area contributed by atoms with E-state index in [0.29, 0.717) is 34.1 Å². The second kappa shape index (κ2) is 9.40. The molecule has 0 aliphatic carbocycles. The molecule has 0 bridgehead atoms. The average Bonchev–Trinajstić information content (AvgIpc) is 3.12. The number of aryl methyl sites for hydroxylation is 2. The highest BCUT2D eigenvalue weighted by Crippen LogP contribution is 2.29. The minimum absolute atomic E-state index is 0.229. The SMILES string of the molecule is CCC1CN(c2ccc(C#N)cn2)CCC1Nc1nc(Nc2cc(C)n(C)n2)ncc1Cl. The third-order valence-corrected chi connectivity index (χ3v) is 6.16. The van der Waals surface area contributed by atoms with Gasteiger partial charge >= 0.3 is 0 Å². The van der Waals surface area contributed by atoms with Gasteiger partial charge in [-0.1, -0.05) is 18.5 Å². The predicted molar refractivity (Wildman–Crippen MR) is 125 cm³/mol. The Morgan fingerprint density at radius 2 is 2.12 bits per heavy atom. The van der Waals surface area contributed by atoms with E-state index in [0.717, 1.165) is 37.4 Å². The van der Waals surface area contributed by atoms with Crippen molar-refractivity contribution < 1.29 is 0 Å². The third-order valence-electron chi connectivity index (χ3n) is 5.88. The van der Waals surface area contributed by atoms with E-state index in [1.54, 1.807) is 17.1 Å². The Morgan fingerprint density at radius 1 is 1.28 bits per heavy atom. The molecule has 1 saturated heterocycles. The average molecular weight is 452 g/mol. The van der Waals surface area contributed by atoms with Crippen LogP contribution >= 0.6 is 11.6 Å². The Morgan fingerprint density at radius 3 is 2.78 bits per heavy atom. The molecule has 10 heteroatoms. The summed E-state index contributed by atoms with van der Waals surface area (Å²) in [6, 6.07) is 8.00. The molecule has 4 rings (SSSR count). The zero-order valence-electron chi connectivity index (χ0n) is 18.4. The fourth-order valence-electron chi connectivity index (χ4n) is 3.92. The number of halogens is 1. The van der Waals surface area contributed by atoms with Gasteiger partial charge in [0, 0.05) is 44.1 Å². The minimum Gasteiger partial charge on any atom is -0.366 e. The van der Waals surface area contributed by atoms with Crippen LogP contribution in [0.5, 0.6) is 0 Å². The summed E-state index contributed by atoms with van der Waals surface area (Å²) in [5, 5.41) is 20.5. The van der Waals surface area contributed by atoms with Crippen molar-refractivity contribution in [3.05, 3.63) is 46.9 Å². The number of nitrogens with zero attached hydrogens (tertiary/aromatic N) is 7. The van der Waals surface area contributed by atoms with Crippen LogP contribution in [-0.2, 0) is 7.05 Å². The summed E-state index contributed by atoms with van der Waals surface area (Å²) < 4.78 is 1.79. The Kier molecular flexibility index (Phi) is 6.42. The quantitative estimate of drug-likeness (QED) is 0.581. The monoisotopic (exact) mass is 451 g/mol. The van der Waals surface area contributed by atoms with Crippen LogP contribution in [0.2, 0.25) is 5.02 Å². The number of nitriles is 1. The third kappa shape index (κ3) is 4.75. The highest BCUT2D eigenvalue weighted by Gasteiger charge is 2.29. The van der Waals surface area contributed by atoms with Gasteiger partial charge in [-0.15, -0.1) is 0 Å². The first-order valence-corrected chi connectivity index (χ1v) is 11.0. The van der Waals surface area contributed by atoms with Crippen molar-refractivity contribution in [2.45, 2.75) is 32.7 Å². The van der Waals surface area contributed by atoms with E-state index in [9.17, 15) is 0 Å². The molecule has 2 N–H and O–H groups in total. The lowest BCUT2D eigenvalue weighted by Gasteiger charge is -2.39. The topological polar surface area (TPSA) is 108 Å². The van der Waals surface area contributed by atoms with Gasteiger partial charge in [-0.2, -0.15) is 15.3 Å². The highest BCUT2D eigenvalue weighted by atomic mass is 35.5. The second-order valence-corrected chi connectivity index (χ2v) is 8.39. The number of pyridine rings is 1. The first-order valence-electron chi connectivity index (χ1n) is 10.6. The van der Waals surface area contributed by atoms with Gasteiger partial charge in [0.1, 0.15) is 16.9 Å². The second-order valence-electron chi connectivity index (χ2n) is 7.98. The maximum atomic E-state index is 8.99. The molecule has 3 aromatic rings. The molecule has 0 radical (unpaired) electrons. The lowest BCUT2D eigenvalue weighted by molar-refractivity contribution is 0.365. The number of aromatic nitrogens is 5. The fraction of sp³-hybridized carbons (Fsp3) is 0.409. The molecule has 0 saturated carbocycles. The van der Waals surface area contributed by atoms with Gasteiger partial charge in [-0.3, -0.25) is 4.68 Å². The van der Waals surface area contributed by atoms with E-state index >= 15 is 0 Å². The lowest BCUT2D eigenvalue weighted by atomic mass is 9.90. The Balaban J connectivity index is 1.45. The largest absolute Gasteiger partial charge is 0.366 e. The summed E-state index contributed by atoms with van der Waals surface area (Å²) in [7, 11) is 1.89. The summed E-state index contributed by atoms with van der Waals surface area (Å²) in [4.78, 5) is 15.6. The van der Waals surface area contributed by atoms with Gasteiger partial charge in [-0.05, 0) is 37.8 Å². The van der Waals surface area contributed by atoms with Crippen LogP contribution in [0.15, 0.2) is 30.6 Å². The van der Waals surface area contributed by atoms with E-state index in [2.05, 4.69) is 48.6 Å². The van der Waals surface area contributed by atoms with E-state index in [4.69, 9.17) is 16.9 Å². The molecule has 2 atom stereocenters. The molecule has 32 heavy (non-hydrogen) atoms. The van der Waals surface area contributed by atoms with Crippen molar-refractivity contribution in [1.29, 1.82) is 5.26 Å². The van der Waals surface area contributed by atoms with Gasteiger partial charge in [0.05, 0.1) is 11.8 Å². The van der Waals surface area contributed by atoms with Crippen molar-refractivity contribution >= 4 is 35.0 Å². The normalized spacial score (nSPS) is 18.3. The number of hydrogen-bond donors (Lipinski definition) is 2. The molecule has 1 aliphatic rings. The molecule has 1 aliphatic heterocycles. The molecule has 2 unspecified atom stereocenters. The van der Waals surface area contributed by atoms with E-state index in [1.165, 1.54) is 0 Å². The summed E-state index contributed by atoms with van der Waals surface area (Å²) >= 11 is 6.41. The lowest BCUT2D eigenvalue weighted by Crippen LogP contribution is -2.46. The minimum atomic E-state index is 0.229. The van der Waals surface area contributed by atoms with Crippen molar-refractivity contribution in [3.63, 3.8) is 0 Å². The van der Waals surface area contributed by atoms with Crippen molar-refractivity contribution in [2.75, 3.05) is 28.6 Å². The standard InChI is InChI=1S/C22H26ClN9/c1-4-16-13-32(20-6-5-15(10-24)11-25-20)8-7-18(16)27-21-17(23)12-26-22(29-21)28-19-9-14(2)31(3)30-19/h5-6,9,11-12,16,18H,4,7-8,13H2,1-3H3,(H2,26,27,28,29,30). The van der Waals surface area contributed by atoms with Crippen LogP contribution in [0.25, 0.3) is 0 Å². The molecular weight excluding hydrogens is 426 g/mol. The molecular formula is C22H26ClN9. The van der Waals surface area contributed by atoms with Crippen LogP contribution in [0, 0.1) is 24.2 Å². The zero-order valence-corrected chi connectivity index (χ0v) is 19.1. The molecule has 9 nitrogen and oxygen atoms in total. The molecule has 0 amide bonds. The van der Waals surface area contributed by atoms with Gasteiger partial charge < -0.3 is 15.5 Å². The Hall–Kier alpha value is -3.38. The summed E-state index contributed by atoms with van der Waals surface area (Å²) in [6.07, 6.45) is 5.15. The van der Waals surface area contributed by atoms with Crippen LogP contribution in [0.4, 0.5) is 23.4 Å². The molecule has 3 aromatic heterocycles. The van der Waals surface area contributed by atoms with Crippen LogP contribution in [0.3, 0.4) is 0 Å². The van der Waals surface area contributed by atoms with E-state index in [1.807, 2.05) is 32.2 Å². The van der Waals surface area contributed by atoms with Gasteiger partial charge in [0.2, 0.25) is 5.95 Å². The van der Waals surface area contributed by atoms with Crippen molar-refractivity contribution in [2.24, 2.45) is 13.0 Å². The highest BCUT2D eigenvalue weighted by molar-refractivity contribution is 6.32. The van der Waals surface area contributed by atoms with Gasteiger partial charge in [-0.25, -0.2) is 9.97 Å². The summed E-state index contributed by atoms with van der Waals surface area (Å²) in [5.41, 5.74) is 1.61. The van der Waals surface area contributed by atoms with Crippen LogP contribution in [-0.4, -0.2) is 43.9 Å². The molecule has 0 aromatic carbocycles. The Bertz CT molecular complexity index is 1100. The van der Waals surface area contributed by atoms with E-state index in [-0.39, 0.29) is 6.04 Å². The van der Waals surface area contributed by atoms with Crippen LogP contribution in [0.1, 0.15) is 31.0 Å². The van der Waals surface area contributed by atoms with E-state index < -0.39 is 0 Å². The maximum absolute atomic E-state index is 8.99. The van der Waals surface area contributed by atoms with Crippen molar-refractivity contribution in [3.8, 4) is 6.07 Å². The van der Waals surface area contributed by atoms with Crippen LogP contribution < -0.4 is 15.5 Å². The number of piperidine rings is 1. The molecule has 4 heterocycles. The molecule has 1 fully saturated rings. The number of rotatable bonds is 6. The number of hydrogen-bond acceptors (Lipinski definition) is 8. The Labute approximate surface area is 192 Å². The first-order chi connectivity index (χ1) is 15.5. The number of nitrogens with one attached hydrogen (secondary N) is 2. The molecule has 166 valence electrons. The number of anilines is 4. The summed E-state index contributed by atoms with van der Waals surface area (Å²) in [6.45, 7) is 5.90. The maximum Gasteiger partial charge on any atom is 0.230 e. The smallest absolute Gasteiger partial charge is 0.230 e. The van der Waals surface area contributed by atoms with Crippen molar-refractivity contribution in [1.82, 2.24) is 24.7 Å². The van der Waals surface area contributed by atoms with Gasteiger partial charge in [0.15, 0.2) is 11.6 Å². The molecule has 0 spiro atoms. The first kappa shape index (κ1) is 21.8. The summed E-state index contributed by atoms with van der Waals surface area (Å²) in [5.74, 6) is 3.04. The fourth-order valence-corrected chi connectivity index (χ4v) is 4.07. The predicted octanol–water partition coefficient (Wildman–Crippen LogP) is 3.90.